The van der Waals surface area contributed by atoms with Gasteiger partial charge in [-0.05, 0) is 48.7 Å². The lowest BCUT2D eigenvalue weighted by Crippen LogP contribution is -2.46. The molecule has 7 nitrogen and oxygen atoms in total. The molecular formula is C22H24Cl2FN3O4S. The molecule has 2 aromatic carbocycles. The lowest BCUT2D eigenvalue weighted by molar-refractivity contribution is 0.0977. The van der Waals surface area contributed by atoms with E-state index in [-0.39, 0.29) is 10.6 Å². The SMILES string of the molecule is COc1ccc(N2CCN(Cc3cc(F)c(C(=O)NS(=O)(=O)C4CC4)cc3Cl)CC2)cc1Cl. The van der Waals surface area contributed by atoms with Crippen molar-refractivity contribution in [3.8, 4) is 5.75 Å². The van der Waals surface area contributed by atoms with E-state index in [2.05, 4.69) is 9.80 Å². The zero-order valence-corrected chi connectivity index (χ0v) is 20.3. The number of sulfonamides is 1. The number of benzene rings is 2. The largest absolute Gasteiger partial charge is 0.495 e. The van der Waals surface area contributed by atoms with Crippen molar-refractivity contribution in [2.75, 3.05) is 38.2 Å². The quantitative estimate of drug-likeness (QED) is 0.605. The highest BCUT2D eigenvalue weighted by Crippen LogP contribution is 2.31. The highest BCUT2D eigenvalue weighted by molar-refractivity contribution is 7.91. The highest BCUT2D eigenvalue weighted by atomic mass is 35.5. The van der Waals surface area contributed by atoms with Gasteiger partial charge in [-0.2, -0.15) is 0 Å². The second kappa shape index (κ2) is 9.66. The molecule has 178 valence electrons. The molecule has 0 bridgehead atoms. The molecule has 4 rings (SSSR count). The Morgan fingerprint density at radius 1 is 1.12 bits per heavy atom. The molecule has 0 atom stereocenters. The summed E-state index contributed by atoms with van der Waals surface area (Å²) in [6, 6.07) is 8.06. The summed E-state index contributed by atoms with van der Waals surface area (Å²) in [6.07, 6.45) is 1.01. The lowest BCUT2D eigenvalue weighted by atomic mass is 10.1. The fourth-order valence-electron chi connectivity index (χ4n) is 3.79. The first-order chi connectivity index (χ1) is 15.7. The Labute approximate surface area is 202 Å². The first-order valence-corrected chi connectivity index (χ1v) is 12.8. The Kier molecular flexibility index (Phi) is 7.04. The molecule has 1 saturated heterocycles. The Bertz CT molecular complexity index is 1170. The first-order valence-electron chi connectivity index (χ1n) is 10.5. The lowest BCUT2D eigenvalue weighted by Gasteiger charge is -2.36. The van der Waals surface area contributed by atoms with E-state index < -0.39 is 27.0 Å². The maximum Gasteiger partial charge on any atom is 0.267 e. The monoisotopic (exact) mass is 515 g/mol. The second-order valence-electron chi connectivity index (χ2n) is 8.18. The fraction of sp³-hybridized carbons (Fsp3) is 0.409. The van der Waals surface area contributed by atoms with Crippen LogP contribution in [-0.4, -0.2) is 57.8 Å². The van der Waals surface area contributed by atoms with Crippen LogP contribution in [0.1, 0.15) is 28.8 Å². The van der Waals surface area contributed by atoms with Crippen molar-refractivity contribution in [2.24, 2.45) is 0 Å². The summed E-state index contributed by atoms with van der Waals surface area (Å²) in [5.41, 5.74) is 1.16. The number of hydrogen-bond donors (Lipinski definition) is 1. The Morgan fingerprint density at radius 3 is 2.42 bits per heavy atom. The molecule has 33 heavy (non-hydrogen) atoms. The molecule has 0 spiro atoms. The Hall–Kier alpha value is -2.07. The van der Waals surface area contributed by atoms with Crippen LogP contribution in [0.4, 0.5) is 10.1 Å². The van der Waals surface area contributed by atoms with E-state index in [4.69, 9.17) is 27.9 Å². The summed E-state index contributed by atoms with van der Waals surface area (Å²) in [7, 11) is -2.20. The van der Waals surface area contributed by atoms with Crippen LogP contribution in [0.15, 0.2) is 30.3 Å². The molecule has 2 fully saturated rings. The molecule has 1 N–H and O–H groups in total. The van der Waals surface area contributed by atoms with Gasteiger partial charge in [0.05, 0.1) is 22.9 Å². The van der Waals surface area contributed by atoms with Crippen molar-refractivity contribution in [1.29, 1.82) is 0 Å². The second-order valence-corrected chi connectivity index (χ2v) is 11.0. The summed E-state index contributed by atoms with van der Waals surface area (Å²) >= 11 is 12.6. The number of ether oxygens (including phenoxy) is 1. The molecule has 0 unspecified atom stereocenters. The zero-order chi connectivity index (χ0) is 23.8. The maximum atomic E-state index is 14.6. The average molecular weight is 516 g/mol. The topological polar surface area (TPSA) is 79.0 Å². The zero-order valence-electron chi connectivity index (χ0n) is 18.0. The predicted octanol–water partition coefficient (Wildman–Crippen LogP) is 3.69. The number of methoxy groups -OCH3 is 1. The van der Waals surface area contributed by atoms with Crippen LogP contribution in [0.5, 0.6) is 5.75 Å². The highest BCUT2D eigenvalue weighted by Gasteiger charge is 2.37. The number of amides is 1. The molecule has 11 heteroatoms. The summed E-state index contributed by atoms with van der Waals surface area (Å²) < 4.78 is 45.7. The molecule has 0 aromatic heterocycles. The molecule has 1 saturated carbocycles. The van der Waals surface area contributed by atoms with Crippen molar-refractivity contribution in [3.63, 3.8) is 0 Å². The third kappa shape index (κ3) is 5.54. The van der Waals surface area contributed by atoms with E-state index in [1.54, 1.807) is 7.11 Å². The molecule has 0 radical (unpaired) electrons. The number of nitrogens with zero attached hydrogens (tertiary/aromatic N) is 2. The van der Waals surface area contributed by atoms with Gasteiger partial charge in [0.25, 0.3) is 5.91 Å². The van der Waals surface area contributed by atoms with Crippen LogP contribution >= 0.6 is 23.2 Å². The smallest absolute Gasteiger partial charge is 0.267 e. The fourth-order valence-corrected chi connectivity index (χ4v) is 5.55. The summed E-state index contributed by atoms with van der Waals surface area (Å²) in [4.78, 5) is 16.6. The van der Waals surface area contributed by atoms with Crippen molar-refractivity contribution in [3.05, 3.63) is 57.3 Å². The van der Waals surface area contributed by atoms with E-state index in [9.17, 15) is 17.6 Å². The van der Waals surface area contributed by atoms with Crippen LogP contribution < -0.4 is 14.4 Å². The molecule has 1 amide bonds. The van der Waals surface area contributed by atoms with Crippen LogP contribution in [0.3, 0.4) is 0 Å². The summed E-state index contributed by atoms with van der Waals surface area (Å²) in [5.74, 6) is -1.18. The van der Waals surface area contributed by atoms with E-state index >= 15 is 0 Å². The van der Waals surface area contributed by atoms with E-state index in [0.29, 0.717) is 35.7 Å². The van der Waals surface area contributed by atoms with Gasteiger partial charge in [0.2, 0.25) is 10.0 Å². The van der Waals surface area contributed by atoms with Crippen LogP contribution in [0.2, 0.25) is 10.0 Å². The van der Waals surface area contributed by atoms with Crippen molar-refractivity contribution in [2.45, 2.75) is 24.6 Å². The molecular weight excluding hydrogens is 492 g/mol. The standard InChI is InChI=1S/C22H24Cl2FN3O4S/c1-32-21-5-2-15(11-19(21)24)28-8-6-27(7-9-28)13-14-10-20(25)17(12-18(14)23)22(29)26-33(30,31)16-3-4-16/h2,5,10-12,16H,3-4,6-9,13H2,1H3,(H,26,29). The van der Waals surface area contributed by atoms with Crippen LogP contribution in [-0.2, 0) is 16.6 Å². The van der Waals surface area contributed by atoms with Crippen LogP contribution in [0.25, 0.3) is 0 Å². The maximum absolute atomic E-state index is 14.6. The number of carbonyl (C=O) groups excluding carboxylic acids is 1. The number of rotatable bonds is 7. The van der Waals surface area contributed by atoms with Crippen molar-refractivity contribution >= 4 is 44.8 Å². The predicted molar refractivity (Wildman–Crippen MR) is 126 cm³/mol. The van der Waals surface area contributed by atoms with Gasteiger partial charge in [-0.25, -0.2) is 17.5 Å². The molecule has 1 aliphatic heterocycles. The normalized spacial score (nSPS) is 17.2. The molecule has 1 heterocycles. The van der Waals surface area contributed by atoms with Crippen LogP contribution in [0, 0.1) is 5.82 Å². The van der Waals surface area contributed by atoms with E-state index in [1.807, 2.05) is 22.9 Å². The third-order valence-electron chi connectivity index (χ3n) is 5.85. The Morgan fingerprint density at radius 2 is 1.82 bits per heavy atom. The third-order valence-corrected chi connectivity index (χ3v) is 8.31. The van der Waals surface area contributed by atoms with Gasteiger partial charge in [0.15, 0.2) is 0 Å². The summed E-state index contributed by atoms with van der Waals surface area (Å²) in [5, 5.41) is 0.190. The van der Waals surface area contributed by atoms with Crippen molar-refractivity contribution < 1.29 is 22.3 Å². The number of anilines is 1. The minimum Gasteiger partial charge on any atom is -0.495 e. The van der Waals surface area contributed by atoms with E-state index in [1.165, 1.54) is 12.1 Å². The van der Waals surface area contributed by atoms with Gasteiger partial charge in [-0.1, -0.05) is 23.2 Å². The Balaban J connectivity index is 1.38. The van der Waals surface area contributed by atoms with Gasteiger partial charge in [-0.3, -0.25) is 9.69 Å². The van der Waals surface area contributed by atoms with Gasteiger partial charge in [-0.15, -0.1) is 0 Å². The van der Waals surface area contributed by atoms with E-state index in [0.717, 1.165) is 31.9 Å². The van der Waals surface area contributed by atoms with Gasteiger partial charge < -0.3 is 9.64 Å². The summed E-state index contributed by atoms with van der Waals surface area (Å²) in [6.45, 7) is 3.37. The number of nitrogens with one attached hydrogen (secondary N) is 1. The van der Waals surface area contributed by atoms with Gasteiger partial charge in [0, 0.05) is 43.4 Å². The molecule has 1 aliphatic carbocycles. The molecule has 2 aromatic rings. The average Bonchev–Trinajstić information content (AvgIpc) is 3.62. The van der Waals surface area contributed by atoms with Crippen molar-refractivity contribution in [1.82, 2.24) is 9.62 Å². The number of piperazine rings is 1. The number of carbonyl (C=O) groups is 1. The minimum absolute atomic E-state index is 0.217. The minimum atomic E-state index is -3.77. The van der Waals surface area contributed by atoms with Gasteiger partial charge >= 0.3 is 0 Å². The number of hydrogen-bond acceptors (Lipinski definition) is 6. The molecule has 2 aliphatic rings. The first kappa shape index (κ1) is 24.1. The number of halogens is 3. The van der Waals surface area contributed by atoms with Gasteiger partial charge in [0.1, 0.15) is 11.6 Å².